The van der Waals surface area contributed by atoms with Gasteiger partial charge in [-0.25, -0.2) is 4.98 Å². The van der Waals surface area contributed by atoms with E-state index in [9.17, 15) is 4.79 Å². The van der Waals surface area contributed by atoms with Gasteiger partial charge >= 0.3 is 0 Å². The molecule has 4 nitrogen and oxygen atoms in total. The van der Waals surface area contributed by atoms with Crippen LogP contribution in [0, 0.1) is 0 Å². The first kappa shape index (κ1) is 29.3. The number of pyridine rings is 1. The van der Waals surface area contributed by atoms with Crippen molar-refractivity contribution in [2.24, 2.45) is 0 Å². The van der Waals surface area contributed by atoms with Crippen molar-refractivity contribution in [3.05, 3.63) is 186 Å². The Bertz CT molecular complexity index is 3540. The Kier molecular flexibility index (Phi) is 5.89. The lowest BCUT2D eigenvalue weighted by Crippen LogP contribution is -2.14. The predicted molar refractivity (Wildman–Crippen MR) is 225 cm³/mol. The van der Waals surface area contributed by atoms with E-state index in [1.165, 1.54) is 43.1 Å². The third-order valence-electron chi connectivity index (χ3n) is 11.4. The van der Waals surface area contributed by atoms with Crippen LogP contribution in [0.25, 0.3) is 110 Å². The van der Waals surface area contributed by atoms with Gasteiger partial charge in [-0.1, -0.05) is 133 Å². The number of fused-ring (bicyclic) bond motifs is 11. The number of rotatable bonds is 3. The van der Waals surface area contributed by atoms with Gasteiger partial charge in [0, 0.05) is 32.8 Å². The van der Waals surface area contributed by atoms with E-state index in [4.69, 9.17) is 4.98 Å². The number of hydrogen-bond donors (Lipinski definition) is 0. The molecule has 9 aromatic carbocycles. The van der Waals surface area contributed by atoms with Gasteiger partial charge in [0.05, 0.1) is 22.1 Å². The van der Waals surface area contributed by atoms with Crippen molar-refractivity contribution in [3.63, 3.8) is 0 Å². The molecule has 0 saturated carbocycles. The maximum absolute atomic E-state index is 14.2. The third kappa shape index (κ3) is 3.91. The molecule has 12 rings (SSSR count). The van der Waals surface area contributed by atoms with Crippen molar-refractivity contribution < 1.29 is 0 Å². The molecular formula is C50H29N3O. The van der Waals surface area contributed by atoms with Gasteiger partial charge in [0.2, 0.25) is 0 Å². The van der Waals surface area contributed by atoms with Crippen LogP contribution >= 0.6 is 0 Å². The Morgan fingerprint density at radius 1 is 0.407 bits per heavy atom. The van der Waals surface area contributed by atoms with Gasteiger partial charge in [0.1, 0.15) is 5.82 Å². The summed E-state index contributed by atoms with van der Waals surface area (Å²) in [5.74, 6) is 0.665. The summed E-state index contributed by atoms with van der Waals surface area (Å²) in [6.45, 7) is 0. The largest absolute Gasteiger partial charge is 0.309 e. The molecule has 0 atom stereocenters. The molecule has 0 aliphatic heterocycles. The lowest BCUT2D eigenvalue weighted by Gasteiger charge is -2.14. The monoisotopic (exact) mass is 687 g/mol. The van der Waals surface area contributed by atoms with Crippen LogP contribution in [0.1, 0.15) is 0 Å². The van der Waals surface area contributed by atoms with E-state index in [0.29, 0.717) is 11.2 Å². The highest BCUT2D eigenvalue weighted by molar-refractivity contribution is 6.26. The quantitative estimate of drug-likeness (QED) is 0.173. The lowest BCUT2D eigenvalue weighted by molar-refractivity contribution is 1.13. The molecule has 54 heavy (non-hydrogen) atoms. The van der Waals surface area contributed by atoms with Gasteiger partial charge in [0.25, 0.3) is 5.56 Å². The van der Waals surface area contributed by atoms with Crippen LogP contribution in [0.3, 0.4) is 0 Å². The fraction of sp³-hybridized carbons (Fsp3) is 0. The molecule has 0 radical (unpaired) electrons. The van der Waals surface area contributed by atoms with Crippen molar-refractivity contribution in [1.82, 2.24) is 14.0 Å². The van der Waals surface area contributed by atoms with E-state index in [-0.39, 0.29) is 5.56 Å². The standard InChI is InChI=1S/C50H29N3O/c54-50-41-20-9-8-19-40(41)47-33(25-26-44-48(47)53(50)49(51-44)30-12-2-1-3-13-30)31-22-27-46-43(28-31)39-18-10-11-21-45(39)52(46)32-23-24-38-36-16-5-4-14-34(36)35-15-6-7-17-37(35)42(38)29-32/h1-29H. The minimum Gasteiger partial charge on any atom is -0.309 e. The number of nitrogens with zero attached hydrogens (tertiary/aromatic N) is 3. The van der Waals surface area contributed by atoms with Crippen molar-refractivity contribution in [1.29, 1.82) is 0 Å². The Labute approximate surface area is 308 Å². The number of aromatic nitrogens is 3. The highest BCUT2D eigenvalue weighted by atomic mass is 16.1. The third-order valence-corrected chi connectivity index (χ3v) is 11.4. The highest BCUT2D eigenvalue weighted by Gasteiger charge is 2.22. The number of benzene rings is 9. The van der Waals surface area contributed by atoms with Gasteiger partial charge in [-0.15, -0.1) is 0 Å². The van der Waals surface area contributed by atoms with E-state index in [0.717, 1.165) is 55.2 Å². The van der Waals surface area contributed by atoms with Crippen molar-refractivity contribution >= 4 is 81.3 Å². The fourth-order valence-electron chi connectivity index (χ4n) is 9.12. The molecular weight excluding hydrogens is 659 g/mol. The molecule has 0 unspecified atom stereocenters. The summed E-state index contributed by atoms with van der Waals surface area (Å²) >= 11 is 0. The van der Waals surface area contributed by atoms with Crippen molar-refractivity contribution in [3.8, 4) is 28.2 Å². The summed E-state index contributed by atoms with van der Waals surface area (Å²) in [7, 11) is 0. The first-order valence-electron chi connectivity index (χ1n) is 18.3. The Morgan fingerprint density at radius 2 is 1.00 bits per heavy atom. The molecule has 0 spiro atoms. The molecule has 3 heterocycles. The minimum absolute atomic E-state index is 0.0497. The zero-order chi connectivity index (χ0) is 35.5. The SMILES string of the molecule is O=c1c2ccccc2c2c(-c3ccc4c(c3)c3ccccc3n4-c3ccc4c5ccccc5c5ccccc5c4c3)ccc3nc(-c4ccccc4)n1c32. The minimum atomic E-state index is -0.0497. The number of para-hydroxylation sites is 1. The normalized spacial score (nSPS) is 12.1. The summed E-state index contributed by atoms with van der Waals surface area (Å²) in [6.07, 6.45) is 0. The highest BCUT2D eigenvalue weighted by Crippen LogP contribution is 2.42. The predicted octanol–water partition coefficient (Wildman–Crippen LogP) is 12.3. The second-order valence-corrected chi connectivity index (χ2v) is 14.2. The zero-order valence-electron chi connectivity index (χ0n) is 29.0. The molecule has 0 fully saturated rings. The van der Waals surface area contributed by atoms with Crippen LogP contribution in [-0.4, -0.2) is 14.0 Å². The van der Waals surface area contributed by atoms with Gasteiger partial charge < -0.3 is 4.57 Å². The lowest BCUT2D eigenvalue weighted by atomic mass is 9.94. The van der Waals surface area contributed by atoms with E-state index in [1.807, 2.05) is 52.9 Å². The van der Waals surface area contributed by atoms with Crippen LogP contribution in [0.2, 0.25) is 0 Å². The van der Waals surface area contributed by atoms with Crippen LogP contribution in [0.4, 0.5) is 0 Å². The molecule has 0 N–H and O–H groups in total. The summed E-state index contributed by atoms with van der Waals surface area (Å²) in [6, 6.07) is 62.1. The van der Waals surface area contributed by atoms with Gasteiger partial charge in [-0.3, -0.25) is 9.20 Å². The summed E-state index contributed by atoms with van der Waals surface area (Å²) < 4.78 is 4.23. The smallest absolute Gasteiger partial charge is 0.264 e. The molecule has 12 aromatic rings. The van der Waals surface area contributed by atoms with Crippen LogP contribution in [-0.2, 0) is 0 Å². The maximum Gasteiger partial charge on any atom is 0.264 e. The average Bonchev–Trinajstić information content (AvgIpc) is 3.79. The summed E-state index contributed by atoms with van der Waals surface area (Å²) in [4.78, 5) is 19.2. The first-order chi connectivity index (χ1) is 26.7. The molecule has 0 saturated heterocycles. The van der Waals surface area contributed by atoms with E-state index < -0.39 is 0 Å². The molecule has 0 amide bonds. The van der Waals surface area contributed by atoms with E-state index in [2.05, 4.69) is 132 Å². The molecule has 0 aliphatic rings. The number of imidazole rings is 1. The first-order valence-corrected chi connectivity index (χ1v) is 18.3. The molecule has 3 aromatic heterocycles. The number of hydrogen-bond acceptors (Lipinski definition) is 2. The van der Waals surface area contributed by atoms with E-state index >= 15 is 0 Å². The summed E-state index contributed by atoms with van der Waals surface area (Å²) in [5, 5.41) is 12.6. The second-order valence-electron chi connectivity index (χ2n) is 14.2. The fourth-order valence-corrected chi connectivity index (χ4v) is 9.12. The Balaban J connectivity index is 1.13. The van der Waals surface area contributed by atoms with Crippen LogP contribution < -0.4 is 5.56 Å². The Morgan fingerprint density at radius 3 is 1.74 bits per heavy atom. The summed E-state index contributed by atoms with van der Waals surface area (Å²) in [5.41, 5.74) is 8.13. The average molecular weight is 688 g/mol. The molecule has 250 valence electrons. The van der Waals surface area contributed by atoms with Gasteiger partial charge in [0.15, 0.2) is 0 Å². The molecule has 0 bridgehead atoms. The van der Waals surface area contributed by atoms with E-state index in [1.54, 1.807) is 0 Å². The van der Waals surface area contributed by atoms with Gasteiger partial charge in [-0.2, -0.15) is 0 Å². The van der Waals surface area contributed by atoms with Crippen molar-refractivity contribution in [2.75, 3.05) is 0 Å². The molecule has 4 heteroatoms. The van der Waals surface area contributed by atoms with Crippen LogP contribution in [0.5, 0.6) is 0 Å². The van der Waals surface area contributed by atoms with Crippen LogP contribution in [0.15, 0.2) is 181 Å². The zero-order valence-corrected chi connectivity index (χ0v) is 29.0. The molecule has 0 aliphatic carbocycles. The topological polar surface area (TPSA) is 39.3 Å². The second kappa shape index (κ2) is 10.9. The van der Waals surface area contributed by atoms with Gasteiger partial charge in [-0.05, 0) is 91.3 Å². The van der Waals surface area contributed by atoms with Crippen molar-refractivity contribution in [2.45, 2.75) is 0 Å². The Hall–Kier alpha value is -7.30. The maximum atomic E-state index is 14.2.